The molecule has 0 saturated heterocycles. The molecule has 2 nitrogen and oxygen atoms in total. The molecule has 0 fully saturated rings. The molecule has 0 amide bonds. The van der Waals surface area contributed by atoms with Gasteiger partial charge in [0.1, 0.15) is 0 Å². The maximum absolute atomic E-state index is 10.8. The summed E-state index contributed by atoms with van der Waals surface area (Å²) in [5.74, 6) is 5.95. The van der Waals surface area contributed by atoms with Gasteiger partial charge in [-0.15, -0.1) is 11.8 Å². The van der Waals surface area contributed by atoms with E-state index in [0.717, 1.165) is 6.42 Å². The van der Waals surface area contributed by atoms with E-state index in [1.165, 1.54) is 52.1 Å². The van der Waals surface area contributed by atoms with E-state index >= 15 is 0 Å². The minimum atomic E-state index is -0.171. The number of rotatable bonds is 9. The van der Waals surface area contributed by atoms with Crippen molar-refractivity contribution in [3.05, 3.63) is 0 Å². The van der Waals surface area contributed by atoms with Crippen molar-refractivity contribution in [2.75, 3.05) is 7.11 Å². The normalized spacial score (nSPS) is 9.53. The molecule has 0 radical (unpaired) electrons. The highest BCUT2D eigenvalue weighted by molar-refractivity contribution is 5.69. The first-order chi connectivity index (χ1) is 8.31. The maximum atomic E-state index is 10.8. The van der Waals surface area contributed by atoms with Crippen LogP contribution in [0.3, 0.4) is 0 Å². The van der Waals surface area contributed by atoms with E-state index in [4.69, 9.17) is 0 Å². The predicted molar refractivity (Wildman–Crippen MR) is 71.6 cm³/mol. The number of unbranched alkanes of at least 4 members (excludes halogenated alkanes) is 7. The van der Waals surface area contributed by atoms with Crippen LogP contribution < -0.4 is 0 Å². The van der Waals surface area contributed by atoms with Crippen LogP contribution in [-0.4, -0.2) is 13.1 Å². The van der Waals surface area contributed by atoms with Crippen LogP contribution in [0.5, 0.6) is 0 Å². The van der Waals surface area contributed by atoms with E-state index in [9.17, 15) is 4.79 Å². The lowest BCUT2D eigenvalue weighted by atomic mass is 10.1. The Labute approximate surface area is 106 Å². The summed E-state index contributed by atoms with van der Waals surface area (Å²) in [6.07, 6.45) is 11.2. The summed E-state index contributed by atoms with van der Waals surface area (Å²) in [5, 5.41) is 0. The third-order valence-corrected chi connectivity index (χ3v) is 2.71. The summed E-state index contributed by atoms with van der Waals surface area (Å²) >= 11 is 0. The van der Waals surface area contributed by atoms with Crippen LogP contribution in [0.1, 0.15) is 71.1 Å². The fourth-order valence-electron chi connectivity index (χ4n) is 1.61. The quantitative estimate of drug-likeness (QED) is 0.343. The van der Waals surface area contributed by atoms with Gasteiger partial charge in [0.15, 0.2) is 0 Å². The molecule has 0 heterocycles. The smallest absolute Gasteiger partial charge is 0.306 e. The third-order valence-electron chi connectivity index (χ3n) is 2.71. The summed E-state index contributed by atoms with van der Waals surface area (Å²) in [5.41, 5.74) is 0. The third kappa shape index (κ3) is 13.0. The van der Waals surface area contributed by atoms with E-state index in [0.29, 0.717) is 12.8 Å². The van der Waals surface area contributed by atoms with Crippen molar-refractivity contribution in [2.24, 2.45) is 0 Å². The second kappa shape index (κ2) is 13.1. The van der Waals surface area contributed by atoms with Crippen LogP contribution in [0.15, 0.2) is 0 Å². The molecule has 0 aliphatic carbocycles. The molecule has 0 N–H and O–H groups in total. The predicted octanol–water partition coefficient (Wildman–Crippen LogP) is 4.08. The number of carbonyl (C=O) groups is 1. The van der Waals surface area contributed by atoms with Crippen molar-refractivity contribution in [3.8, 4) is 11.8 Å². The lowest BCUT2D eigenvalue weighted by molar-refractivity contribution is -0.140. The molecule has 0 spiro atoms. The second-order valence-corrected chi connectivity index (χ2v) is 4.30. The Bertz CT molecular complexity index is 235. The molecule has 0 aromatic heterocycles. The molecule has 0 atom stereocenters. The number of hydrogen-bond acceptors (Lipinski definition) is 2. The summed E-state index contributed by atoms with van der Waals surface area (Å²) < 4.78 is 4.54. The first kappa shape index (κ1) is 16.0. The zero-order valence-corrected chi connectivity index (χ0v) is 11.4. The SMILES string of the molecule is CCCCCCCCCC#CCCC(=O)OC. The molecule has 0 unspecified atom stereocenters. The van der Waals surface area contributed by atoms with Gasteiger partial charge in [0, 0.05) is 12.8 Å². The Balaban J connectivity index is 3.17. The molecule has 0 saturated carbocycles. The molecule has 98 valence electrons. The molecule has 0 aliphatic rings. The fourth-order valence-corrected chi connectivity index (χ4v) is 1.61. The van der Waals surface area contributed by atoms with Gasteiger partial charge in [-0.1, -0.05) is 45.4 Å². The second-order valence-electron chi connectivity index (χ2n) is 4.30. The van der Waals surface area contributed by atoms with E-state index in [1.807, 2.05) is 0 Å². The topological polar surface area (TPSA) is 26.3 Å². The molecule has 0 aliphatic heterocycles. The van der Waals surface area contributed by atoms with Crippen molar-refractivity contribution in [1.82, 2.24) is 0 Å². The van der Waals surface area contributed by atoms with Crippen molar-refractivity contribution >= 4 is 5.97 Å². The molecule has 0 bridgehead atoms. The largest absolute Gasteiger partial charge is 0.469 e. The highest BCUT2D eigenvalue weighted by atomic mass is 16.5. The Kier molecular flexibility index (Phi) is 12.3. The van der Waals surface area contributed by atoms with E-state index < -0.39 is 0 Å². The van der Waals surface area contributed by atoms with Crippen LogP contribution >= 0.6 is 0 Å². The molecule has 17 heavy (non-hydrogen) atoms. The van der Waals surface area contributed by atoms with Gasteiger partial charge in [-0.25, -0.2) is 0 Å². The Morgan fingerprint density at radius 3 is 2.18 bits per heavy atom. The summed E-state index contributed by atoms with van der Waals surface area (Å²) in [7, 11) is 1.41. The van der Waals surface area contributed by atoms with Crippen LogP contribution in [0, 0.1) is 11.8 Å². The zero-order chi connectivity index (χ0) is 12.8. The monoisotopic (exact) mass is 238 g/mol. The highest BCUT2D eigenvalue weighted by Gasteiger charge is 1.95. The highest BCUT2D eigenvalue weighted by Crippen LogP contribution is 2.07. The van der Waals surface area contributed by atoms with Crippen LogP contribution in [0.2, 0.25) is 0 Å². The van der Waals surface area contributed by atoms with Crippen molar-refractivity contribution < 1.29 is 9.53 Å². The number of methoxy groups -OCH3 is 1. The molecule has 2 heteroatoms. The molecule has 0 aromatic rings. The van der Waals surface area contributed by atoms with Gasteiger partial charge in [0.05, 0.1) is 13.5 Å². The van der Waals surface area contributed by atoms with Gasteiger partial charge in [0.25, 0.3) is 0 Å². The van der Waals surface area contributed by atoms with Crippen LogP contribution in [-0.2, 0) is 9.53 Å². The number of hydrogen-bond donors (Lipinski definition) is 0. The molecule has 0 aromatic carbocycles. The van der Waals surface area contributed by atoms with Crippen molar-refractivity contribution in [2.45, 2.75) is 71.1 Å². The van der Waals surface area contributed by atoms with Crippen LogP contribution in [0.25, 0.3) is 0 Å². The standard InChI is InChI=1S/C15H26O2/c1-3-4-5-6-7-8-9-10-11-12-13-14-15(16)17-2/h3-10,13-14H2,1-2H3. The molecule has 0 rings (SSSR count). The first-order valence-electron chi connectivity index (χ1n) is 6.83. The summed E-state index contributed by atoms with van der Waals surface area (Å²) in [6.45, 7) is 2.24. The van der Waals surface area contributed by atoms with E-state index in [1.54, 1.807) is 0 Å². The first-order valence-corrected chi connectivity index (χ1v) is 6.83. The van der Waals surface area contributed by atoms with E-state index in [-0.39, 0.29) is 5.97 Å². The maximum Gasteiger partial charge on any atom is 0.306 e. The average molecular weight is 238 g/mol. The van der Waals surface area contributed by atoms with Crippen molar-refractivity contribution in [3.63, 3.8) is 0 Å². The van der Waals surface area contributed by atoms with Gasteiger partial charge in [-0.3, -0.25) is 4.79 Å². The number of ether oxygens (including phenoxy) is 1. The average Bonchev–Trinajstić information content (AvgIpc) is 2.35. The Hall–Kier alpha value is -0.970. The van der Waals surface area contributed by atoms with Crippen molar-refractivity contribution in [1.29, 1.82) is 0 Å². The minimum Gasteiger partial charge on any atom is -0.469 e. The van der Waals surface area contributed by atoms with Gasteiger partial charge < -0.3 is 4.74 Å². The van der Waals surface area contributed by atoms with Gasteiger partial charge in [0.2, 0.25) is 0 Å². The molecular weight excluding hydrogens is 212 g/mol. The lowest BCUT2D eigenvalue weighted by Gasteiger charge is -1.98. The fraction of sp³-hybridized carbons (Fsp3) is 0.800. The van der Waals surface area contributed by atoms with Gasteiger partial charge >= 0.3 is 5.97 Å². The number of carbonyl (C=O) groups excluding carboxylic acids is 1. The minimum absolute atomic E-state index is 0.171. The zero-order valence-electron chi connectivity index (χ0n) is 11.4. The summed E-state index contributed by atoms with van der Waals surface area (Å²) in [6, 6.07) is 0. The summed E-state index contributed by atoms with van der Waals surface area (Å²) in [4.78, 5) is 10.8. The lowest BCUT2D eigenvalue weighted by Crippen LogP contribution is -1.98. The molecular formula is C15H26O2. The Morgan fingerprint density at radius 2 is 1.53 bits per heavy atom. The van der Waals surface area contributed by atoms with Gasteiger partial charge in [-0.2, -0.15) is 0 Å². The Morgan fingerprint density at radius 1 is 0.941 bits per heavy atom. The number of esters is 1. The van der Waals surface area contributed by atoms with Gasteiger partial charge in [-0.05, 0) is 6.42 Å². The van der Waals surface area contributed by atoms with Crippen LogP contribution in [0.4, 0.5) is 0 Å². The van der Waals surface area contributed by atoms with E-state index in [2.05, 4.69) is 23.5 Å².